The molecule has 1 atom stereocenters. The summed E-state index contributed by atoms with van der Waals surface area (Å²) in [5, 5.41) is -0.266. The maximum Gasteiger partial charge on any atom is 0.243 e. The van der Waals surface area contributed by atoms with E-state index in [1.54, 1.807) is 0 Å². The Morgan fingerprint density at radius 1 is 1.12 bits per heavy atom. The van der Waals surface area contributed by atoms with Crippen molar-refractivity contribution in [1.82, 2.24) is 4.90 Å². The van der Waals surface area contributed by atoms with Crippen molar-refractivity contribution in [1.29, 1.82) is 0 Å². The van der Waals surface area contributed by atoms with Crippen LogP contribution in [0.4, 0.5) is 0 Å². The van der Waals surface area contributed by atoms with E-state index in [-0.39, 0.29) is 30.0 Å². The largest absolute Gasteiger partial charge is 0.379 e. The van der Waals surface area contributed by atoms with E-state index >= 15 is 0 Å². The lowest BCUT2D eigenvalue weighted by atomic mass is 9.99. The summed E-state index contributed by atoms with van der Waals surface area (Å²) in [7, 11) is 0. The van der Waals surface area contributed by atoms with Crippen molar-refractivity contribution in [3.05, 3.63) is 0 Å². The van der Waals surface area contributed by atoms with Crippen LogP contribution in [0.1, 0.15) is 65.2 Å². The van der Waals surface area contributed by atoms with Crippen LogP contribution < -0.4 is 0 Å². The summed E-state index contributed by atoms with van der Waals surface area (Å²) in [6.45, 7) is 4.83. The van der Waals surface area contributed by atoms with Gasteiger partial charge in [-0.05, 0) is 25.5 Å². The molecule has 0 bridgehead atoms. The van der Waals surface area contributed by atoms with Crippen LogP contribution in [-0.2, 0) is 19.1 Å². The molecule has 0 spiro atoms. The maximum absolute atomic E-state index is 11.4. The maximum atomic E-state index is 11.4. The highest BCUT2D eigenvalue weighted by Gasteiger charge is 2.37. The van der Waals surface area contributed by atoms with Gasteiger partial charge in [-0.1, -0.05) is 39.0 Å². The third-order valence-corrected chi connectivity index (χ3v) is 5.39. The molecule has 6 heteroatoms. The Bertz CT molecular complexity index is 394. The molecule has 1 aliphatic heterocycles. The predicted molar refractivity (Wildman–Crippen MR) is 97.1 cm³/mol. The zero-order valence-corrected chi connectivity index (χ0v) is 15.8. The number of thioether (sulfide) groups is 1. The molecule has 138 valence electrons. The van der Waals surface area contributed by atoms with Gasteiger partial charge in [0.2, 0.25) is 11.8 Å². The van der Waals surface area contributed by atoms with Gasteiger partial charge in [0.1, 0.15) is 6.29 Å². The second kappa shape index (κ2) is 12.5. The third kappa shape index (κ3) is 7.34. The van der Waals surface area contributed by atoms with E-state index in [0.717, 1.165) is 17.3 Å². The first-order valence-corrected chi connectivity index (χ1v) is 10.2. The molecule has 0 radical (unpaired) electrons. The summed E-state index contributed by atoms with van der Waals surface area (Å²) < 4.78 is 5.62. The molecule has 1 saturated heterocycles. The molecular formula is C18H31NO4S. The number of hydrogen-bond acceptors (Lipinski definition) is 5. The van der Waals surface area contributed by atoms with Gasteiger partial charge in [-0.15, -0.1) is 11.8 Å². The number of aldehydes is 1. The number of nitrogens with zero attached hydrogens (tertiary/aromatic N) is 1. The molecule has 1 unspecified atom stereocenters. The van der Waals surface area contributed by atoms with Gasteiger partial charge in [0.15, 0.2) is 0 Å². The Labute approximate surface area is 149 Å². The number of rotatable bonds is 6. The van der Waals surface area contributed by atoms with E-state index in [1.165, 1.54) is 56.7 Å². The molecule has 2 rings (SSSR count). The van der Waals surface area contributed by atoms with Gasteiger partial charge in [-0.3, -0.25) is 14.5 Å². The summed E-state index contributed by atoms with van der Waals surface area (Å²) in [4.78, 5) is 33.8. The third-order valence-electron chi connectivity index (χ3n) is 4.28. The van der Waals surface area contributed by atoms with E-state index in [1.807, 2.05) is 6.92 Å². The molecular weight excluding hydrogens is 326 g/mol. The van der Waals surface area contributed by atoms with Crippen LogP contribution in [0.2, 0.25) is 0 Å². The number of likely N-dealkylation sites (tertiary alicyclic amines) is 1. The molecule has 1 aliphatic carbocycles. The van der Waals surface area contributed by atoms with Crippen LogP contribution >= 0.6 is 11.8 Å². The second-order valence-corrected chi connectivity index (χ2v) is 7.56. The van der Waals surface area contributed by atoms with Crippen LogP contribution in [-0.4, -0.2) is 53.3 Å². The number of carbonyl (C=O) groups is 3. The Balaban J connectivity index is 0.000000243. The fourth-order valence-electron chi connectivity index (χ4n) is 3.07. The van der Waals surface area contributed by atoms with E-state index < -0.39 is 0 Å². The van der Waals surface area contributed by atoms with Gasteiger partial charge in [0.25, 0.3) is 0 Å². The van der Waals surface area contributed by atoms with Gasteiger partial charge in [-0.2, -0.15) is 0 Å². The minimum absolute atomic E-state index is 0.0988. The lowest BCUT2D eigenvalue weighted by Gasteiger charge is -2.19. The van der Waals surface area contributed by atoms with Crippen molar-refractivity contribution in [2.45, 2.75) is 76.6 Å². The van der Waals surface area contributed by atoms with Crippen molar-refractivity contribution in [2.24, 2.45) is 0 Å². The zero-order valence-electron chi connectivity index (χ0n) is 15.0. The van der Waals surface area contributed by atoms with Gasteiger partial charge in [-0.25, -0.2) is 0 Å². The molecule has 0 aromatic rings. The summed E-state index contributed by atoms with van der Waals surface area (Å²) >= 11 is 1.45. The van der Waals surface area contributed by atoms with E-state index in [4.69, 9.17) is 4.74 Å². The fraction of sp³-hybridized carbons (Fsp3) is 0.833. The van der Waals surface area contributed by atoms with Crippen molar-refractivity contribution in [3.63, 3.8) is 0 Å². The van der Waals surface area contributed by atoms with Gasteiger partial charge in [0, 0.05) is 13.0 Å². The Hall–Kier alpha value is -0.880. The Morgan fingerprint density at radius 3 is 2.29 bits per heavy atom. The quantitative estimate of drug-likeness (QED) is 0.539. The average molecular weight is 358 g/mol. The first-order valence-electron chi connectivity index (χ1n) is 9.15. The second-order valence-electron chi connectivity index (χ2n) is 6.08. The summed E-state index contributed by atoms with van der Waals surface area (Å²) in [6.07, 6.45) is 11.0. The topological polar surface area (TPSA) is 63.7 Å². The Morgan fingerprint density at radius 2 is 1.75 bits per heavy atom. The van der Waals surface area contributed by atoms with Crippen molar-refractivity contribution >= 4 is 29.9 Å². The molecule has 0 aromatic carbocycles. The summed E-state index contributed by atoms with van der Waals surface area (Å²) in [6, 6.07) is 0. The summed E-state index contributed by atoms with van der Waals surface area (Å²) in [5.74, 6) is 0.352. The number of amides is 2. The predicted octanol–water partition coefficient (Wildman–Crippen LogP) is 3.20. The van der Waals surface area contributed by atoms with Crippen molar-refractivity contribution < 1.29 is 19.1 Å². The molecule has 1 saturated carbocycles. The van der Waals surface area contributed by atoms with Crippen molar-refractivity contribution in [3.8, 4) is 0 Å². The molecule has 2 amide bonds. The number of hydrogen-bond donors (Lipinski definition) is 0. The van der Waals surface area contributed by atoms with Crippen LogP contribution in [0.3, 0.4) is 0 Å². The standard InChI is InChI=1S/C10H20O.C8H11NO3S/c1-2-11-10-8-6-4-3-5-7-9-10;1-2-13-6-5-7(11)9(3-4-10)8(6)12/h10H,2-9H2,1H3;4,6H,2-3,5H2,1H3. The highest BCUT2D eigenvalue weighted by Crippen LogP contribution is 2.24. The van der Waals surface area contributed by atoms with E-state index in [2.05, 4.69) is 6.92 Å². The van der Waals surface area contributed by atoms with Crippen LogP contribution in [0.5, 0.6) is 0 Å². The lowest BCUT2D eigenvalue weighted by molar-refractivity contribution is -0.139. The molecule has 0 aromatic heterocycles. The normalized spacial score (nSPS) is 22.6. The Kier molecular flexibility index (Phi) is 11.0. The molecule has 1 heterocycles. The monoisotopic (exact) mass is 357 g/mol. The number of imide groups is 1. The van der Waals surface area contributed by atoms with Crippen LogP contribution in [0, 0.1) is 0 Å². The molecule has 2 aliphatic rings. The minimum Gasteiger partial charge on any atom is -0.379 e. The van der Waals surface area contributed by atoms with Gasteiger partial charge < -0.3 is 9.53 Å². The molecule has 0 N–H and O–H groups in total. The molecule has 2 fully saturated rings. The molecule has 24 heavy (non-hydrogen) atoms. The van der Waals surface area contributed by atoms with E-state index in [0.29, 0.717) is 12.4 Å². The minimum atomic E-state index is -0.266. The van der Waals surface area contributed by atoms with Crippen LogP contribution in [0.15, 0.2) is 0 Å². The smallest absolute Gasteiger partial charge is 0.243 e. The average Bonchev–Trinajstić information content (AvgIpc) is 2.79. The fourth-order valence-corrected chi connectivity index (χ4v) is 4.00. The van der Waals surface area contributed by atoms with Crippen LogP contribution in [0.25, 0.3) is 0 Å². The SMILES string of the molecule is CCOC1CCCCCCC1.CCSC1CC(=O)N(CC=O)C1=O. The van der Waals surface area contributed by atoms with Crippen molar-refractivity contribution in [2.75, 3.05) is 18.9 Å². The van der Waals surface area contributed by atoms with Gasteiger partial charge >= 0.3 is 0 Å². The first kappa shape index (κ1) is 21.2. The first-order chi connectivity index (χ1) is 11.6. The van der Waals surface area contributed by atoms with Gasteiger partial charge in [0.05, 0.1) is 17.9 Å². The highest BCUT2D eigenvalue weighted by atomic mass is 32.2. The summed E-state index contributed by atoms with van der Waals surface area (Å²) in [5.41, 5.74) is 0. The zero-order chi connectivity index (χ0) is 17.8. The lowest BCUT2D eigenvalue weighted by Crippen LogP contribution is -2.32. The molecule has 5 nitrogen and oxygen atoms in total. The number of ether oxygens (including phenoxy) is 1. The highest BCUT2D eigenvalue weighted by molar-refractivity contribution is 8.00. The van der Waals surface area contributed by atoms with E-state index in [9.17, 15) is 14.4 Å². The number of carbonyl (C=O) groups excluding carboxylic acids is 3.